The van der Waals surface area contributed by atoms with Crippen molar-refractivity contribution in [3.05, 3.63) is 0 Å². The topological polar surface area (TPSA) is 3.24 Å². The lowest BCUT2D eigenvalue weighted by Gasteiger charge is -2.29. The average molecular weight is 353 g/mol. The van der Waals surface area contributed by atoms with Crippen molar-refractivity contribution in [1.82, 2.24) is 4.90 Å². The third-order valence-electron chi connectivity index (χ3n) is 3.39. The Kier molecular flexibility index (Phi) is 12.2. The Bertz CT molecular complexity index is 149. The van der Waals surface area contributed by atoms with Crippen molar-refractivity contribution in [1.29, 1.82) is 0 Å². The minimum atomic E-state index is 0.664. The largest absolute Gasteiger partial charge is 0.289 e. The minimum absolute atomic E-state index is 0.664. The van der Waals surface area contributed by atoms with Gasteiger partial charge >= 0.3 is 0 Å². The van der Waals surface area contributed by atoms with Crippen LogP contribution in [0.1, 0.15) is 79.1 Å². The molecule has 0 saturated carbocycles. The number of rotatable bonds is 11. The highest BCUT2D eigenvalue weighted by molar-refractivity contribution is 14.1. The molecule has 104 valence electrons. The fourth-order valence-electron chi connectivity index (χ4n) is 2.28. The summed E-state index contributed by atoms with van der Waals surface area (Å²) in [6, 6.07) is 0.687. The molecule has 0 aliphatic heterocycles. The van der Waals surface area contributed by atoms with E-state index in [0.29, 0.717) is 10.1 Å². The molecule has 1 atom stereocenters. The molecule has 0 bridgehead atoms. The predicted molar refractivity (Wildman–Crippen MR) is 87.9 cm³/mol. The average Bonchev–Trinajstić information content (AvgIpc) is 2.26. The molecule has 0 N–H and O–H groups in total. The molecule has 0 aromatic heterocycles. The number of hydrogen-bond donors (Lipinski definition) is 0. The van der Waals surface area contributed by atoms with E-state index in [-0.39, 0.29) is 0 Å². The van der Waals surface area contributed by atoms with Crippen molar-refractivity contribution < 1.29 is 0 Å². The molecule has 0 heterocycles. The number of unbranched alkanes of at least 4 members (excludes halogenated alkanes) is 7. The fourth-order valence-corrected chi connectivity index (χ4v) is 3.20. The first-order valence-electron chi connectivity index (χ1n) is 7.49. The Morgan fingerprint density at radius 3 is 1.71 bits per heavy atom. The first kappa shape index (κ1) is 17.7. The third kappa shape index (κ3) is 10.3. The van der Waals surface area contributed by atoms with Gasteiger partial charge in [0.25, 0.3) is 0 Å². The van der Waals surface area contributed by atoms with Crippen molar-refractivity contribution in [3.8, 4) is 0 Å². The van der Waals surface area contributed by atoms with E-state index in [0.717, 1.165) is 0 Å². The molecule has 0 amide bonds. The quantitative estimate of drug-likeness (QED) is 0.202. The predicted octanol–water partition coefficient (Wildman–Crippen LogP) is 5.62. The fraction of sp³-hybridized carbons (Fsp3) is 1.00. The van der Waals surface area contributed by atoms with Crippen molar-refractivity contribution >= 4 is 22.6 Å². The summed E-state index contributed by atoms with van der Waals surface area (Å²) in [6.07, 6.45) is 11.3. The van der Waals surface area contributed by atoms with Crippen LogP contribution in [0.2, 0.25) is 0 Å². The zero-order valence-electron chi connectivity index (χ0n) is 12.3. The van der Waals surface area contributed by atoms with Gasteiger partial charge in [0, 0.05) is 6.04 Å². The molecule has 0 rings (SSSR count). The van der Waals surface area contributed by atoms with Gasteiger partial charge in [0.15, 0.2) is 0 Å². The van der Waals surface area contributed by atoms with Crippen LogP contribution >= 0.6 is 22.6 Å². The van der Waals surface area contributed by atoms with Gasteiger partial charge in [0.2, 0.25) is 0 Å². The molecular weight excluding hydrogens is 321 g/mol. The smallest absolute Gasteiger partial charge is 0.0592 e. The van der Waals surface area contributed by atoms with Crippen LogP contribution in [0.5, 0.6) is 0 Å². The summed E-state index contributed by atoms with van der Waals surface area (Å²) in [6.45, 7) is 10.5. The molecule has 0 aliphatic carbocycles. The van der Waals surface area contributed by atoms with Gasteiger partial charge in [-0.25, -0.2) is 0 Å². The van der Waals surface area contributed by atoms with Crippen LogP contribution in [0.3, 0.4) is 0 Å². The van der Waals surface area contributed by atoms with Gasteiger partial charge in [-0.2, -0.15) is 0 Å². The standard InChI is InChI=1S/C15H32IN/c1-5-6-7-8-9-10-11-12-13-17(14(2)3)15(4)16/h14-15H,5-13H2,1-4H3. The Hall–Kier alpha value is 0.690. The summed E-state index contributed by atoms with van der Waals surface area (Å²) in [7, 11) is 0. The van der Waals surface area contributed by atoms with E-state index in [1.54, 1.807) is 0 Å². The van der Waals surface area contributed by atoms with E-state index in [9.17, 15) is 0 Å². The summed E-state index contributed by atoms with van der Waals surface area (Å²) in [4.78, 5) is 2.59. The lowest BCUT2D eigenvalue weighted by molar-refractivity contribution is 0.218. The highest BCUT2D eigenvalue weighted by Crippen LogP contribution is 2.14. The van der Waals surface area contributed by atoms with Gasteiger partial charge in [-0.3, -0.25) is 4.90 Å². The Morgan fingerprint density at radius 1 is 0.824 bits per heavy atom. The van der Waals surface area contributed by atoms with Gasteiger partial charge in [0.05, 0.1) is 4.05 Å². The van der Waals surface area contributed by atoms with Crippen LogP contribution in [0.25, 0.3) is 0 Å². The maximum absolute atomic E-state index is 2.59. The van der Waals surface area contributed by atoms with Crippen LogP contribution in [-0.2, 0) is 0 Å². The minimum Gasteiger partial charge on any atom is -0.289 e. The number of alkyl halides is 1. The van der Waals surface area contributed by atoms with Gasteiger partial charge in [-0.05, 0) is 33.7 Å². The van der Waals surface area contributed by atoms with Gasteiger partial charge in [-0.15, -0.1) is 0 Å². The molecule has 2 heteroatoms. The number of nitrogens with zero attached hydrogens (tertiary/aromatic N) is 1. The van der Waals surface area contributed by atoms with E-state index in [2.05, 4.69) is 55.2 Å². The Balaban J connectivity index is 3.37. The van der Waals surface area contributed by atoms with Crippen molar-refractivity contribution in [3.63, 3.8) is 0 Å². The van der Waals surface area contributed by atoms with Crippen molar-refractivity contribution in [2.24, 2.45) is 0 Å². The highest BCUT2D eigenvalue weighted by atomic mass is 127. The second-order valence-electron chi connectivity index (χ2n) is 5.38. The molecule has 0 aliphatic rings. The van der Waals surface area contributed by atoms with Crippen LogP contribution in [0.15, 0.2) is 0 Å². The number of hydrogen-bond acceptors (Lipinski definition) is 1. The van der Waals surface area contributed by atoms with E-state index in [1.165, 1.54) is 57.9 Å². The molecule has 0 fully saturated rings. The van der Waals surface area contributed by atoms with Crippen molar-refractivity contribution in [2.45, 2.75) is 89.2 Å². The second-order valence-corrected chi connectivity index (χ2v) is 7.18. The van der Waals surface area contributed by atoms with E-state index < -0.39 is 0 Å². The number of halogens is 1. The van der Waals surface area contributed by atoms with E-state index in [1.807, 2.05) is 0 Å². The molecule has 0 spiro atoms. The van der Waals surface area contributed by atoms with Gasteiger partial charge in [0.1, 0.15) is 0 Å². The van der Waals surface area contributed by atoms with Crippen LogP contribution < -0.4 is 0 Å². The van der Waals surface area contributed by atoms with E-state index >= 15 is 0 Å². The molecule has 1 unspecified atom stereocenters. The maximum Gasteiger partial charge on any atom is 0.0592 e. The summed E-state index contributed by atoms with van der Waals surface area (Å²) in [5.74, 6) is 0. The van der Waals surface area contributed by atoms with Crippen molar-refractivity contribution in [2.75, 3.05) is 6.54 Å². The summed E-state index contributed by atoms with van der Waals surface area (Å²) < 4.78 is 0.664. The van der Waals surface area contributed by atoms with Crippen LogP contribution in [0, 0.1) is 0 Å². The van der Waals surface area contributed by atoms with Crippen LogP contribution in [0.4, 0.5) is 0 Å². The lowest BCUT2D eigenvalue weighted by atomic mass is 10.1. The summed E-state index contributed by atoms with van der Waals surface area (Å²) in [5.41, 5.74) is 0. The normalized spacial score (nSPS) is 13.6. The first-order chi connectivity index (χ1) is 8.09. The maximum atomic E-state index is 2.59. The molecular formula is C15H32IN. The van der Waals surface area contributed by atoms with Gasteiger partial charge in [-0.1, -0.05) is 74.5 Å². The second kappa shape index (κ2) is 11.8. The Labute approximate surface area is 123 Å². The molecule has 0 radical (unpaired) electrons. The SMILES string of the molecule is CCCCCCCCCCN(C(C)C)C(C)I. The first-order valence-corrected chi connectivity index (χ1v) is 8.74. The zero-order valence-corrected chi connectivity index (χ0v) is 14.5. The summed E-state index contributed by atoms with van der Waals surface area (Å²) in [5, 5.41) is 0. The summed E-state index contributed by atoms with van der Waals surface area (Å²) >= 11 is 2.53. The third-order valence-corrected chi connectivity index (χ3v) is 4.11. The van der Waals surface area contributed by atoms with Gasteiger partial charge < -0.3 is 0 Å². The molecule has 0 saturated heterocycles. The lowest BCUT2D eigenvalue weighted by Crippen LogP contribution is -2.36. The molecule has 0 aromatic rings. The Morgan fingerprint density at radius 2 is 1.29 bits per heavy atom. The van der Waals surface area contributed by atoms with Crippen LogP contribution in [-0.4, -0.2) is 21.5 Å². The van der Waals surface area contributed by atoms with E-state index in [4.69, 9.17) is 0 Å². The molecule has 17 heavy (non-hydrogen) atoms. The molecule has 0 aromatic carbocycles. The zero-order chi connectivity index (χ0) is 13.1. The monoisotopic (exact) mass is 353 g/mol. The molecule has 1 nitrogen and oxygen atoms in total. The highest BCUT2D eigenvalue weighted by Gasteiger charge is 2.13.